The van der Waals surface area contributed by atoms with Crippen molar-refractivity contribution in [2.24, 2.45) is 4.99 Å². The number of nitrogens with zero attached hydrogens (tertiary/aromatic N) is 3. The van der Waals surface area contributed by atoms with Crippen LogP contribution in [-0.4, -0.2) is 54.2 Å². The molecule has 1 aliphatic heterocycles. The fourth-order valence-electron chi connectivity index (χ4n) is 3.63. The monoisotopic (exact) mass is 409 g/mol. The van der Waals surface area contributed by atoms with E-state index in [-0.39, 0.29) is 6.10 Å². The van der Waals surface area contributed by atoms with Gasteiger partial charge in [-0.15, -0.1) is 0 Å². The largest absolute Gasteiger partial charge is 0.489 e. The summed E-state index contributed by atoms with van der Waals surface area (Å²) in [4.78, 5) is 11.7. The summed E-state index contributed by atoms with van der Waals surface area (Å²) in [6, 6.07) is 14.7. The van der Waals surface area contributed by atoms with Crippen LogP contribution in [-0.2, 0) is 6.54 Å². The summed E-state index contributed by atoms with van der Waals surface area (Å²) < 4.78 is 6.06. The van der Waals surface area contributed by atoms with Crippen molar-refractivity contribution < 1.29 is 4.74 Å². The Morgan fingerprint density at radius 2 is 1.97 bits per heavy atom. The summed E-state index contributed by atoms with van der Waals surface area (Å²) >= 11 is 0. The van der Waals surface area contributed by atoms with Gasteiger partial charge in [0, 0.05) is 38.4 Å². The van der Waals surface area contributed by atoms with Crippen LogP contribution in [0.25, 0.3) is 0 Å². The van der Waals surface area contributed by atoms with Crippen LogP contribution >= 0.6 is 0 Å². The number of para-hydroxylation sites is 1. The number of rotatable bonds is 8. The molecule has 0 amide bonds. The number of benzene rings is 1. The van der Waals surface area contributed by atoms with Gasteiger partial charge in [0.15, 0.2) is 5.96 Å². The highest BCUT2D eigenvalue weighted by Gasteiger charge is 2.20. The molecule has 30 heavy (non-hydrogen) atoms. The molecule has 0 saturated carbocycles. The number of likely N-dealkylation sites (tertiary alicyclic amines) is 1. The first kappa shape index (κ1) is 22.1. The van der Waals surface area contributed by atoms with E-state index < -0.39 is 0 Å². The molecule has 1 atom stereocenters. The minimum atomic E-state index is 0.0155. The van der Waals surface area contributed by atoms with Crippen LogP contribution in [0.3, 0.4) is 0 Å². The molecule has 6 nitrogen and oxygen atoms in total. The number of hydrogen-bond acceptors (Lipinski definition) is 4. The second-order valence-corrected chi connectivity index (χ2v) is 7.93. The Bertz CT molecular complexity index is 787. The Kier molecular flexibility index (Phi) is 8.51. The fraction of sp³-hybridized carbons (Fsp3) is 0.500. The third-order valence-corrected chi connectivity index (χ3v) is 5.31. The average Bonchev–Trinajstić information content (AvgIpc) is 2.76. The highest BCUT2D eigenvalue weighted by atomic mass is 16.5. The minimum absolute atomic E-state index is 0.0155. The van der Waals surface area contributed by atoms with Gasteiger partial charge >= 0.3 is 0 Å². The fourth-order valence-corrected chi connectivity index (χ4v) is 3.63. The number of aromatic nitrogens is 1. The van der Waals surface area contributed by atoms with E-state index in [0.29, 0.717) is 12.6 Å². The van der Waals surface area contributed by atoms with E-state index in [9.17, 15) is 0 Å². The quantitative estimate of drug-likeness (QED) is 0.517. The van der Waals surface area contributed by atoms with E-state index in [1.54, 1.807) is 0 Å². The molecule has 2 aromatic rings. The lowest BCUT2D eigenvalue weighted by Crippen LogP contribution is -2.48. The zero-order chi connectivity index (χ0) is 21.2. The lowest BCUT2D eigenvalue weighted by Gasteiger charge is -2.33. The van der Waals surface area contributed by atoms with Crippen molar-refractivity contribution in [1.82, 2.24) is 20.5 Å². The average molecular weight is 410 g/mol. The summed E-state index contributed by atoms with van der Waals surface area (Å²) in [6.07, 6.45) is 4.09. The van der Waals surface area contributed by atoms with Crippen molar-refractivity contribution >= 4 is 5.96 Å². The molecular weight excluding hydrogens is 374 g/mol. The van der Waals surface area contributed by atoms with Crippen molar-refractivity contribution in [3.8, 4) is 5.75 Å². The third kappa shape index (κ3) is 7.02. The van der Waals surface area contributed by atoms with Gasteiger partial charge in [-0.1, -0.05) is 24.3 Å². The second-order valence-electron chi connectivity index (χ2n) is 7.93. The van der Waals surface area contributed by atoms with Crippen molar-refractivity contribution in [3.05, 3.63) is 59.9 Å². The number of aliphatic imine (C=N–C) groups is 1. The van der Waals surface area contributed by atoms with Crippen LogP contribution in [0.1, 0.15) is 37.9 Å². The summed E-state index contributed by atoms with van der Waals surface area (Å²) in [5, 5.41) is 6.98. The molecule has 162 valence electrons. The number of nitrogens with one attached hydrogen (secondary N) is 2. The standard InChI is InChI=1S/C24H35N5O/c1-4-25-24(27-17-20(3)30-23-11-6-5-9-19(23)2)28-21-12-15-29(16-13-21)18-22-10-7-8-14-26-22/h5-11,14,20-21H,4,12-13,15-18H2,1-3H3,(H2,25,27,28). The maximum absolute atomic E-state index is 6.06. The molecule has 0 aliphatic carbocycles. The van der Waals surface area contributed by atoms with Crippen LogP contribution in [0.15, 0.2) is 53.7 Å². The third-order valence-electron chi connectivity index (χ3n) is 5.31. The molecule has 3 rings (SSSR count). The first-order valence-electron chi connectivity index (χ1n) is 11.0. The zero-order valence-corrected chi connectivity index (χ0v) is 18.5. The molecule has 6 heteroatoms. The number of pyridine rings is 1. The van der Waals surface area contributed by atoms with Gasteiger partial charge in [-0.2, -0.15) is 0 Å². The summed E-state index contributed by atoms with van der Waals surface area (Å²) in [5.41, 5.74) is 2.29. The van der Waals surface area contributed by atoms with Gasteiger partial charge in [0.1, 0.15) is 11.9 Å². The molecule has 1 unspecified atom stereocenters. The molecule has 0 bridgehead atoms. The van der Waals surface area contributed by atoms with Gasteiger partial charge in [-0.3, -0.25) is 9.88 Å². The molecule has 1 fully saturated rings. The number of ether oxygens (including phenoxy) is 1. The maximum atomic E-state index is 6.06. The normalized spacial score (nSPS) is 16.8. The van der Waals surface area contributed by atoms with Crippen molar-refractivity contribution in [2.75, 3.05) is 26.2 Å². The van der Waals surface area contributed by atoms with Crippen molar-refractivity contribution in [3.63, 3.8) is 0 Å². The number of piperidine rings is 1. The molecule has 2 heterocycles. The van der Waals surface area contributed by atoms with Gasteiger partial charge in [0.25, 0.3) is 0 Å². The predicted octanol–water partition coefficient (Wildman–Crippen LogP) is 3.38. The molecule has 2 N–H and O–H groups in total. The number of guanidine groups is 1. The Morgan fingerprint density at radius 3 is 2.67 bits per heavy atom. The summed E-state index contributed by atoms with van der Waals surface area (Å²) in [5.74, 6) is 1.80. The molecule has 1 aliphatic rings. The van der Waals surface area contributed by atoms with E-state index in [1.165, 1.54) is 0 Å². The Hall–Kier alpha value is -2.60. The molecule has 1 aromatic carbocycles. The van der Waals surface area contributed by atoms with Gasteiger partial charge in [-0.25, -0.2) is 4.99 Å². The Morgan fingerprint density at radius 1 is 1.20 bits per heavy atom. The van der Waals surface area contributed by atoms with Crippen LogP contribution in [0.5, 0.6) is 5.75 Å². The van der Waals surface area contributed by atoms with Gasteiger partial charge in [0.2, 0.25) is 0 Å². The molecule has 0 spiro atoms. The molecule has 1 saturated heterocycles. The molecular formula is C24H35N5O. The van der Waals surface area contributed by atoms with E-state index in [0.717, 1.165) is 62.0 Å². The van der Waals surface area contributed by atoms with Crippen molar-refractivity contribution in [1.29, 1.82) is 0 Å². The molecule has 1 aromatic heterocycles. The lowest BCUT2D eigenvalue weighted by atomic mass is 10.0. The minimum Gasteiger partial charge on any atom is -0.489 e. The number of aryl methyl sites for hydroxylation is 1. The van der Waals surface area contributed by atoms with Gasteiger partial charge in [0.05, 0.1) is 12.2 Å². The topological polar surface area (TPSA) is 61.8 Å². The highest BCUT2D eigenvalue weighted by molar-refractivity contribution is 5.80. The highest BCUT2D eigenvalue weighted by Crippen LogP contribution is 2.18. The summed E-state index contributed by atoms with van der Waals surface area (Å²) in [6.45, 7) is 10.8. The van der Waals surface area contributed by atoms with E-state index in [4.69, 9.17) is 9.73 Å². The maximum Gasteiger partial charge on any atom is 0.191 e. The van der Waals surface area contributed by atoms with Gasteiger partial charge in [-0.05, 0) is 57.4 Å². The second kappa shape index (κ2) is 11.6. The first-order valence-corrected chi connectivity index (χ1v) is 11.0. The lowest BCUT2D eigenvalue weighted by molar-refractivity contribution is 0.196. The smallest absolute Gasteiger partial charge is 0.191 e. The van der Waals surface area contributed by atoms with Crippen LogP contribution in [0.2, 0.25) is 0 Å². The SMILES string of the molecule is CCNC(=NCC(C)Oc1ccccc1C)NC1CCN(Cc2ccccn2)CC1. The Labute approximate surface area is 180 Å². The zero-order valence-electron chi connectivity index (χ0n) is 18.5. The first-order chi connectivity index (χ1) is 14.6. The van der Waals surface area contributed by atoms with Crippen LogP contribution in [0.4, 0.5) is 0 Å². The molecule has 0 radical (unpaired) electrons. The van der Waals surface area contributed by atoms with E-state index >= 15 is 0 Å². The Balaban J connectivity index is 1.46. The van der Waals surface area contributed by atoms with E-state index in [1.807, 2.05) is 30.5 Å². The van der Waals surface area contributed by atoms with Gasteiger partial charge < -0.3 is 15.4 Å². The van der Waals surface area contributed by atoms with Crippen LogP contribution in [0, 0.1) is 6.92 Å². The van der Waals surface area contributed by atoms with Crippen LogP contribution < -0.4 is 15.4 Å². The summed E-state index contributed by atoms with van der Waals surface area (Å²) in [7, 11) is 0. The van der Waals surface area contributed by atoms with E-state index in [2.05, 4.69) is 59.5 Å². The number of hydrogen-bond donors (Lipinski definition) is 2. The van der Waals surface area contributed by atoms with Crippen molar-refractivity contribution in [2.45, 2.75) is 52.3 Å². The predicted molar refractivity (Wildman–Crippen MR) is 123 cm³/mol.